The van der Waals surface area contributed by atoms with Gasteiger partial charge in [0.25, 0.3) is 0 Å². The van der Waals surface area contributed by atoms with Crippen LogP contribution < -0.4 is 24.8 Å². The van der Waals surface area contributed by atoms with Gasteiger partial charge in [0, 0.05) is 30.6 Å². The Morgan fingerprint density at radius 1 is 1.04 bits per heavy atom. The molecule has 0 spiro atoms. The Kier molecular flexibility index (Phi) is 6.06. The Morgan fingerprint density at radius 3 is 2.25 bits per heavy atom. The zero-order chi connectivity index (χ0) is 17.5. The van der Waals surface area contributed by atoms with Crippen LogP contribution in [0.2, 0.25) is 0 Å². The summed E-state index contributed by atoms with van der Waals surface area (Å²) in [6.07, 6.45) is 1.70. The molecule has 0 aliphatic carbocycles. The average molecular weight is 332 g/mol. The van der Waals surface area contributed by atoms with Gasteiger partial charge in [0.2, 0.25) is 11.7 Å². The van der Waals surface area contributed by atoms with E-state index in [1.165, 1.54) is 0 Å². The number of rotatable bonds is 8. The minimum absolute atomic E-state index is 0.484. The van der Waals surface area contributed by atoms with E-state index in [0.717, 1.165) is 18.1 Å². The summed E-state index contributed by atoms with van der Waals surface area (Å²) in [5, 5.41) is 6.43. The molecule has 0 fully saturated rings. The van der Waals surface area contributed by atoms with Gasteiger partial charge >= 0.3 is 0 Å². The number of anilines is 3. The summed E-state index contributed by atoms with van der Waals surface area (Å²) >= 11 is 0. The number of nitrogens with one attached hydrogen (secondary N) is 2. The lowest BCUT2D eigenvalue weighted by molar-refractivity contribution is 0.324. The molecule has 2 N–H and O–H groups in total. The Hall–Kier alpha value is -2.70. The quantitative estimate of drug-likeness (QED) is 0.768. The number of ether oxygens (including phenoxy) is 3. The molecular weight excluding hydrogens is 308 g/mol. The van der Waals surface area contributed by atoms with Gasteiger partial charge in [-0.25, -0.2) is 4.98 Å². The van der Waals surface area contributed by atoms with Crippen LogP contribution in [0.15, 0.2) is 24.4 Å². The summed E-state index contributed by atoms with van der Waals surface area (Å²) < 4.78 is 16.0. The predicted molar refractivity (Wildman–Crippen MR) is 94.7 cm³/mol. The summed E-state index contributed by atoms with van der Waals surface area (Å²) in [7, 11) is 4.72. The highest BCUT2D eigenvalue weighted by molar-refractivity contribution is 5.66. The molecule has 1 aromatic carbocycles. The van der Waals surface area contributed by atoms with Gasteiger partial charge in [-0.05, 0) is 12.0 Å². The number of benzene rings is 1. The third kappa shape index (κ3) is 4.41. The summed E-state index contributed by atoms with van der Waals surface area (Å²) in [6, 6.07) is 5.45. The lowest BCUT2D eigenvalue weighted by Crippen LogP contribution is -2.10. The van der Waals surface area contributed by atoms with Crippen molar-refractivity contribution in [2.75, 3.05) is 38.5 Å². The van der Waals surface area contributed by atoms with Crippen molar-refractivity contribution in [2.45, 2.75) is 13.8 Å². The number of nitrogens with zero attached hydrogens (tertiary/aromatic N) is 2. The minimum Gasteiger partial charge on any atom is -0.493 e. The molecule has 0 amide bonds. The molecule has 0 saturated heterocycles. The first kappa shape index (κ1) is 17.7. The second kappa shape index (κ2) is 8.24. The van der Waals surface area contributed by atoms with Crippen LogP contribution in [0.5, 0.6) is 17.2 Å². The first-order valence-electron chi connectivity index (χ1n) is 7.71. The van der Waals surface area contributed by atoms with Crippen molar-refractivity contribution in [3.8, 4) is 17.2 Å². The molecule has 7 heteroatoms. The molecule has 2 rings (SSSR count). The fraction of sp³-hybridized carbons (Fsp3) is 0.412. The Morgan fingerprint density at radius 2 is 1.71 bits per heavy atom. The molecule has 2 aromatic rings. The van der Waals surface area contributed by atoms with E-state index >= 15 is 0 Å². The van der Waals surface area contributed by atoms with Crippen LogP contribution >= 0.6 is 0 Å². The van der Waals surface area contributed by atoms with E-state index in [2.05, 4.69) is 34.4 Å². The van der Waals surface area contributed by atoms with Gasteiger partial charge < -0.3 is 24.8 Å². The molecule has 1 heterocycles. The van der Waals surface area contributed by atoms with Gasteiger partial charge in [-0.15, -0.1) is 0 Å². The highest BCUT2D eigenvalue weighted by Gasteiger charge is 2.13. The smallest absolute Gasteiger partial charge is 0.229 e. The van der Waals surface area contributed by atoms with Gasteiger partial charge in [-0.2, -0.15) is 4.98 Å². The van der Waals surface area contributed by atoms with Crippen LogP contribution in [0.3, 0.4) is 0 Å². The number of hydrogen-bond donors (Lipinski definition) is 2. The van der Waals surface area contributed by atoms with Crippen LogP contribution in [0.4, 0.5) is 17.5 Å². The molecule has 7 nitrogen and oxygen atoms in total. The first-order chi connectivity index (χ1) is 11.6. The van der Waals surface area contributed by atoms with Gasteiger partial charge in [0.15, 0.2) is 11.5 Å². The molecule has 0 saturated carbocycles. The second-order valence-corrected chi connectivity index (χ2v) is 5.58. The molecule has 0 unspecified atom stereocenters. The number of hydrogen-bond acceptors (Lipinski definition) is 7. The Bertz CT molecular complexity index is 652. The molecule has 1 aromatic heterocycles. The molecule has 24 heavy (non-hydrogen) atoms. The lowest BCUT2D eigenvalue weighted by Gasteiger charge is -2.15. The Labute approximate surface area is 142 Å². The van der Waals surface area contributed by atoms with Crippen LogP contribution in [0.25, 0.3) is 0 Å². The SMILES string of the molecule is COc1cc(Nc2nccc(NCC(C)C)n2)cc(OC)c1OC. The van der Waals surface area contributed by atoms with E-state index in [1.54, 1.807) is 39.7 Å². The standard InChI is InChI=1S/C17H24N4O3/c1-11(2)10-19-15-6-7-18-17(21-15)20-12-8-13(22-3)16(24-5)14(9-12)23-4/h6-9,11H,10H2,1-5H3,(H2,18,19,20,21). The third-order valence-electron chi connectivity index (χ3n) is 3.27. The Balaban J connectivity index is 2.23. The van der Waals surface area contributed by atoms with E-state index < -0.39 is 0 Å². The second-order valence-electron chi connectivity index (χ2n) is 5.58. The van der Waals surface area contributed by atoms with E-state index in [4.69, 9.17) is 14.2 Å². The van der Waals surface area contributed by atoms with Crippen molar-refractivity contribution in [1.82, 2.24) is 9.97 Å². The summed E-state index contributed by atoms with van der Waals surface area (Å²) in [6.45, 7) is 5.13. The van der Waals surface area contributed by atoms with Crippen LogP contribution in [-0.4, -0.2) is 37.8 Å². The van der Waals surface area contributed by atoms with Gasteiger partial charge in [0.05, 0.1) is 21.3 Å². The van der Waals surface area contributed by atoms with Gasteiger partial charge in [-0.3, -0.25) is 0 Å². The van der Waals surface area contributed by atoms with E-state index in [-0.39, 0.29) is 0 Å². The molecule has 0 bridgehead atoms. The van der Waals surface area contributed by atoms with Crippen molar-refractivity contribution < 1.29 is 14.2 Å². The highest BCUT2D eigenvalue weighted by Crippen LogP contribution is 2.40. The highest BCUT2D eigenvalue weighted by atomic mass is 16.5. The lowest BCUT2D eigenvalue weighted by atomic mass is 10.2. The first-order valence-corrected chi connectivity index (χ1v) is 7.71. The van der Waals surface area contributed by atoms with Crippen molar-refractivity contribution in [2.24, 2.45) is 5.92 Å². The number of methoxy groups -OCH3 is 3. The van der Waals surface area contributed by atoms with E-state index in [1.807, 2.05) is 6.07 Å². The molecular formula is C17H24N4O3. The van der Waals surface area contributed by atoms with Crippen LogP contribution in [-0.2, 0) is 0 Å². The van der Waals surface area contributed by atoms with Crippen molar-refractivity contribution in [3.05, 3.63) is 24.4 Å². The molecule has 0 radical (unpaired) electrons. The van der Waals surface area contributed by atoms with Gasteiger partial charge in [0.1, 0.15) is 5.82 Å². The largest absolute Gasteiger partial charge is 0.493 e. The van der Waals surface area contributed by atoms with Crippen molar-refractivity contribution in [1.29, 1.82) is 0 Å². The topological polar surface area (TPSA) is 77.5 Å². The maximum atomic E-state index is 5.35. The zero-order valence-corrected chi connectivity index (χ0v) is 14.7. The molecule has 0 aliphatic rings. The minimum atomic E-state index is 0.484. The monoisotopic (exact) mass is 332 g/mol. The van der Waals surface area contributed by atoms with E-state index in [9.17, 15) is 0 Å². The molecule has 130 valence electrons. The van der Waals surface area contributed by atoms with Crippen LogP contribution in [0, 0.1) is 5.92 Å². The van der Waals surface area contributed by atoms with Gasteiger partial charge in [-0.1, -0.05) is 13.8 Å². The van der Waals surface area contributed by atoms with Crippen LogP contribution in [0.1, 0.15) is 13.8 Å². The normalized spacial score (nSPS) is 10.4. The fourth-order valence-electron chi connectivity index (χ4n) is 2.11. The average Bonchev–Trinajstić information content (AvgIpc) is 2.59. The molecule has 0 atom stereocenters. The zero-order valence-electron chi connectivity index (χ0n) is 14.7. The third-order valence-corrected chi connectivity index (χ3v) is 3.27. The summed E-state index contributed by atoms with van der Waals surface area (Å²) in [5.74, 6) is 3.46. The molecule has 0 aliphatic heterocycles. The maximum absolute atomic E-state index is 5.35. The number of aromatic nitrogens is 2. The van der Waals surface area contributed by atoms with Crippen molar-refractivity contribution in [3.63, 3.8) is 0 Å². The summed E-state index contributed by atoms with van der Waals surface area (Å²) in [4.78, 5) is 8.69. The van der Waals surface area contributed by atoms with Crippen molar-refractivity contribution >= 4 is 17.5 Å². The predicted octanol–water partition coefficient (Wildman–Crippen LogP) is 3.31. The fourth-order valence-corrected chi connectivity index (χ4v) is 2.11. The van der Waals surface area contributed by atoms with E-state index in [0.29, 0.717) is 29.1 Å². The summed E-state index contributed by atoms with van der Waals surface area (Å²) in [5.41, 5.74) is 0.741. The maximum Gasteiger partial charge on any atom is 0.229 e.